The van der Waals surface area contributed by atoms with E-state index in [1.165, 1.54) is 13.1 Å². The maximum absolute atomic E-state index is 12.8. The van der Waals surface area contributed by atoms with Gasteiger partial charge in [0.15, 0.2) is 0 Å². The zero-order valence-electron chi connectivity index (χ0n) is 15.9. The van der Waals surface area contributed by atoms with Crippen LogP contribution in [0.2, 0.25) is 5.02 Å². The molecule has 0 heterocycles. The van der Waals surface area contributed by atoms with Crippen LogP contribution < -0.4 is 5.32 Å². The molecule has 0 bridgehead atoms. The standard InChI is InChI=1S/C21H20ClF3N2O2/c1-3-14-6-4-5-7-18(14)26-19(28)13-27(2)20(29)11-8-15-12-16(21(23,24)25)9-10-17(15)22/h4-12H,3,13H2,1-2H3,(H,26,28)/b11-8+. The van der Waals surface area contributed by atoms with Crippen LogP contribution in [0.4, 0.5) is 18.9 Å². The highest BCUT2D eigenvalue weighted by Gasteiger charge is 2.30. The number of para-hydroxylation sites is 1. The topological polar surface area (TPSA) is 49.4 Å². The van der Waals surface area contributed by atoms with Crippen LogP contribution in [0.15, 0.2) is 48.5 Å². The van der Waals surface area contributed by atoms with Gasteiger partial charge in [0.1, 0.15) is 0 Å². The van der Waals surface area contributed by atoms with E-state index in [9.17, 15) is 22.8 Å². The van der Waals surface area contributed by atoms with Gasteiger partial charge >= 0.3 is 6.18 Å². The lowest BCUT2D eigenvalue weighted by atomic mass is 10.1. The van der Waals surface area contributed by atoms with Gasteiger partial charge in [-0.15, -0.1) is 0 Å². The van der Waals surface area contributed by atoms with Crippen LogP contribution in [0.5, 0.6) is 0 Å². The van der Waals surface area contributed by atoms with Crippen molar-refractivity contribution in [3.63, 3.8) is 0 Å². The number of carbonyl (C=O) groups excluding carboxylic acids is 2. The summed E-state index contributed by atoms with van der Waals surface area (Å²) in [5.74, 6) is -0.926. The Kier molecular flexibility index (Phi) is 7.45. The average molecular weight is 425 g/mol. The van der Waals surface area contributed by atoms with E-state index in [1.54, 1.807) is 12.1 Å². The summed E-state index contributed by atoms with van der Waals surface area (Å²) < 4.78 is 38.4. The molecule has 0 fully saturated rings. The van der Waals surface area contributed by atoms with Gasteiger partial charge in [0.05, 0.1) is 12.1 Å². The second-order valence-corrected chi connectivity index (χ2v) is 6.73. The van der Waals surface area contributed by atoms with Crippen LogP contribution in [-0.4, -0.2) is 30.3 Å². The number of halogens is 4. The molecule has 1 N–H and O–H groups in total. The number of amides is 2. The maximum atomic E-state index is 12.8. The van der Waals surface area contributed by atoms with Gasteiger partial charge in [-0.05, 0) is 47.9 Å². The molecule has 29 heavy (non-hydrogen) atoms. The average Bonchev–Trinajstić information content (AvgIpc) is 2.66. The van der Waals surface area contributed by atoms with Gasteiger partial charge in [-0.2, -0.15) is 13.2 Å². The Bertz CT molecular complexity index is 926. The van der Waals surface area contributed by atoms with Gasteiger partial charge in [-0.1, -0.05) is 36.7 Å². The Hall–Kier alpha value is -2.80. The number of anilines is 1. The molecule has 8 heteroatoms. The fourth-order valence-electron chi connectivity index (χ4n) is 2.57. The SMILES string of the molecule is CCc1ccccc1NC(=O)CN(C)C(=O)/C=C/c1cc(C(F)(F)F)ccc1Cl. The highest BCUT2D eigenvalue weighted by molar-refractivity contribution is 6.32. The molecule has 4 nitrogen and oxygen atoms in total. The molecule has 0 spiro atoms. The van der Waals surface area contributed by atoms with Crippen molar-refractivity contribution in [2.75, 3.05) is 18.9 Å². The number of nitrogens with one attached hydrogen (secondary N) is 1. The van der Waals surface area contributed by atoms with Crippen molar-refractivity contribution in [2.24, 2.45) is 0 Å². The minimum Gasteiger partial charge on any atom is -0.333 e. The molecule has 0 aliphatic carbocycles. The van der Waals surface area contributed by atoms with Crippen molar-refractivity contribution in [1.29, 1.82) is 0 Å². The molecule has 0 radical (unpaired) electrons. The molecular weight excluding hydrogens is 405 g/mol. The van der Waals surface area contributed by atoms with Crippen molar-refractivity contribution in [1.82, 2.24) is 4.90 Å². The summed E-state index contributed by atoms with van der Waals surface area (Å²) in [4.78, 5) is 25.6. The van der Waals surface area contributed by atoms with Crippen LogP contribution in [0, 0.1) is 0 Å². The highest BCUT2D eigenvalue weighted by Crippen LogP contribution is 2.32. The Morgan fingerprint density at radius 3 is 2.52 bits per heavy atom. The van der Waals surface area contributed by atoms with Crippen molar-refractivity contribution >= 4 is 35.2 Å². The Labute approximate surface area is 172 Å². The van der Waals surface area contributed by atoms with Crippen molar-refractivity contribution in [3.05, 3.63) is 70.3 Å². The number of alkyl halides is 3. The van der Waals surface area contributed by atoms with E-state index >= 15 is 0 Å². The van der Waals surface area contributed by atoms with Gasteiger partial charge in [0, 0.05) is 23.8 Å². The number of aryl methyl sites for hydroxylation is 1. The summed E-state index contributed by atoms with van der Waals surface area (Å²) in [7, 11) is 1.42. The second kappa shape index (κ2) is 9.60. The predicted molar refractivity (Wildman–Crippen MR) is 108 cm³/mol. The first kappa shape index (κ1) is 22.5. The molecule has 0 saturated heterocycles. The fraction of sp³-hybridized carbons (Fsp3) is 0.238. The summed E-state index contributed by atoms with van der Waals surface area (Å²) in [6, 6.07) is 10.2. The molecule has 0 atom stereocenters. The van der Waals surface area contributed by atoms with Gasteiger partial charge in [-0.25, -0.2) is 0 Å². The number of carbonyl (C=O) groups is 2. The fourth-order valence-corrected chi connectivity index (χ4v) is 2.75. The summed E-state index contributed by atoms with van der Waals surface area (Å²) in [6.07, 6.45) is -1.50. The van der Waals surface area contributed by atoms with E-state index in [0.717, 1.165) is 41.2 Å². The molecule has 0 aliphatic rings. The van der Waals surface area contributed by atoms with Gasteiger partial charge in [0.2, 0.25) is 11.8 Å². The zero-order valence-corrected chi connectivity index (χ0v) is 16.6. The number of nitrogens with zero attached hydrogens (tertiary/aromatic N) is 1. The number of hydrogen-bond acceptors (Lipinski definition) is 2. The van der Waals surface area contributed by atoms with Crippen molar-refractivity contribution < 1.29 is 22.8 Å². The van der Waals surface area contributed by atoms with Gasteiger partial charge in [0.25, 0.3) is 0 Å². The van der Waals surface area contributed by atoms with Gasteiger partial charge < -0.3 is 10.2 Å². The van der Waals surface area contributed by atoms with E-state index in [0.29, 0.717) is 5.69 Å². The van der Waals surface area contributed by atoms with E-state index in [4.69, 9.17) is 11.6 Å². The molecule has 0 unspecified atom stereocenters. The number of benzene rings is 2. The Balaban J connectivity index is 2.02. The quantitative estimate of drug-likeness (QED) is 0.661. The Morgan fingerprint density at radius 2 is 1.86 bits per heavy atom. The Morgan fingerprint density at radius 1 is 1.17 bits per heavy atom. The molecule has 2 rings (SSSR count). The molecule has 0 saturated carbocycles. The largest absolute Gasteiger partial charge is 0.416 e. The van der Waals surface area contributed by atoms with Crippen molar-refractivity contribution in [3.8, 4) is 0 Å². The van der Waals surface area contributed by atoms with Crippen LogP contribution in [0.3, 0.4) is 0 Å². The third-order valence-electron chi connectivity index (χ3n) is 4.16. The number of hydrogen-bond donors (Lipinski definition) is 1. The lowest BCUT2D eigenvalue weighted by Crippen LogP contribution is -2.34. The third-order valence-corrected chi connectivity index (χ3v) is 4.50. The first-order valence-electron chi connectivity index (χ1n) is 8.79. The highest BCUT2D eigenvalue weighted by atomic mass is 35.5. The lowest BCUT2D eigenvalue weighted by Gasteiger charge is -2.16. The number of likely N-dealkylation sites (N-methyl/N-ethyl adjacent to an activating group) is 1. The normalized spacial score (nSPS) is 11.5. The molecule has 0 aromatic heterocycles. The van der Waals surface area contributed by atoms with Crippen LogP contribution in [0.25, 0.3) is 6.08 Å². The minimum absolute atomic E-state index is 0.0598. The summed E-state index contributed by atoms with van der Waals surface area (Å²) in [5, 5.41) is 2.83. The van der Waals surface area contributed by atoms with Crippen LogP contribution in [0.1, 0.15) is 23.6 Å². The molecule has 0 aliphatic heterocycles. The minimum atomic E-state index is -4.51. The molecule has 154 valence electrons. The molecule has 2 aromatic carbocycles. The third kappa shape index (κ3) is 6.35. The molecule has 2 amide bonds. The van der Waals surface area contributed by atoms with E-state index < -0.39 is 17.6 Å². The number of rotatable bonds is 6. The second-order valence-electron chi connectivity index (χ2n) is 6.32. The van der Waals surface area contributed by atoms with Crippen LogP contribution >= 0.6 is 11.6 Å². The zero-order chi connectivity index (χ0) is 21.6. The van der Waals surface area contributed by atoms with Crippen LogP contribution in [-0.2, 0) is 22.2 Å². The maximum Gasteiger partial charge on any atom is 0.416 e. The van der Waals surface area contributed by atoms with E-state index in [-0.39, 0.29) is 23.0 Å². The monoisotopic (exact) mass is 424 g/mol. The smallest absolute Gasteiger partial charge is 0.333 e. The predicted octanol–water partition coefficient (Wildman–Crippen LogP) is 5.03. The summed E-state index contributed by atoms with van der Waals surface area (Å²) >= 11 is 5.90. The first-order chi connectivity index (χ1) is 13.6. The van der Waals surface area contributed by atoms with Gasteiger partial charge in [-0.3, -0.25) is 9.59 Å². The van der Waals surface area contributed by atoms with Crippen molar-refractivity contribution in [2.45, 2.75) is 19.5 Å². The van der Waals surface area contributed by atoms with E-state index in [1.807, 2.05) is 19.1 Å². The summed E-state index contributed by atoms with van der Waals surface area (Å²) in [5.41, 5.74) is 0.835. The lowest BCUT2D eigenvalue weighted by molar-refractivity contribution is -0.137. The first-order valence-corrected chi connectivity index (χ1v) is 9.17. The molecular formula is C21H20ClF3N2O2. The summed E-state index contributed by atoms with van der Waals surface area (Å²) in [6.45, 7) is 1.75. The molecule has 2 aromatic rings. The van der Waals surface area contributed by atoms with E-state index in [2.05, 4.69) is 5.32 Å².